The van der Waals surface area contributed by atoms with Gasteiger partial charge in [0.25, 0.3) is 0 Å². The maximum atomic E-state index is 5.79. The molecule has 0 saturated heterocycles. The van der Waals surface area contributed by atoms with Crippen molar-refractivity contribution < 1.29 is 4.42 Å². The second-order valence-electron chi connectivity index (χ2n) is 5.48. The highest BCUT2D eigenvalue weighted by atomic mass is 16.4. The molecule has 19 heavy (non-hydrogen) atoms. The fourth-order valence-corrected chi connectivity index (χ4v) is 2.77. The molecule has 0 amide bonds. The molecule has 6 heteroatoms. The minimum atomic E-state index is 0.648. The number of rotatable bonds is 3. The van der Waals surface area contributed by atoms with Gasteiger partial charge in [-0.05, 0) is 18.8 Å². The lowest BCUT2D eigenvalue weighted by Crippen LogP contribution is -2.30. The molecule has 2 aromatic heterocycles. The van der Waals surface area contributed by atoms with Crippen LogP contribution in [0.2, 0.25) is 0 Å². The Labute approximate surface area is 111 Å². The van der Waals surface area contributed by atoms with Crippen molar-refractivity contribution in [2.75, 3.05) is 11.4 Å². The van der Waals surface area contributed by atoms with Crippen molar-refractivity contribution in [1.82, 2.24) is 20.2 Å². The van der Waals surface area contributed by atoms with E-state index < -0.39 is 0 Å². The molecule has 1 aliphatic carbocycles. The first-order valence-corrected chi connectivity index (χ1v) is 6.97. The lowest BCUT2D eigenvalue weighted by Gasteiger charge is -2.24. The van der Waals surface area contributed by atoms with E-state index in [9.17, 15) is 0 Å². The predicted octanol–water partition coefficient (Wildman–Crippen LogP) is 1.70. The van der Waals surface area contributed by atoms with Gasteiger partial charge in [0.1, 0.15) is 0 Å². The molecule has 3 heterocycles. The molecule has 0 unspecified atom stereocenters. The second-order valence-corrected chi connectivity index (χ2v) is 5.48. The molecular weight excluding hydrogens is 242 g/mol. The highest BCUT2D eigenvalue weighted by Crippen LogP contribution is 2.30. The van der Waals surface area contributed by atoms with Crippen LogP contribution in [0.5, 0.6) is 0 Å². The third-order valence-electron chi connectivity index (χ3n) is 4.19. The highest BCUT2D eigenvalue weighted by Gasteiger charge is 2.24. The monoisotopic (exact) mass is 259 g/mol. The number of H-pyrrole nitrogens is 1. The Morgan fingerprint density at radius 3 is 3.16 bits per heavy atom. The van der Waals surface area contributed by atoms with Crippen LogP contribution in [0.3, 0.4) is 0 Å². The van der Waals surface area contributed by atoms with E-state index in [0.29, 0.717) is 6.01 Å². The van der Waals surface area contributed by atoms with Gasteiger partial charge < -0.3 is 14.3 Å². The van der Waals surface area contributed by atoms with Crippen LogP contribution in [-0.2, 0) is 19.4 Å². The zero-order valence-electron chi connectivity index (χ0n) is 10.8. The normalized spacial score (nSPS) is 19.3. The zero-order chi connectivity index (χ0) is 12.7. The minimum Gasteiger partial charge on any atom is -0.408 e. The number of fused-ring (bicyclic) bond motifs is 1. The Morgan fingerprint density at radius 1 is 1.37 bits per heavy atom. The van der Waals surface area contributed by atoms with Crippen LogP contribution in [0.25, 0.3) is 0 Å². The number of nitrogens with zero attached hydrogens (tertiary/aromatic N) is 4. The van der Waals surface area contributed by atoms with Gasteiger partial charge in [0.15, 0.2) is 0 Å². The number of aromatic nitrogens is 4. The van der Waals surface area contributed by atoms with Crippen molar-refractivity contribution in [2.45, 2.75) is 38.6 Å². The molecule has 0 aromatic carbocycles. The van der Waals surface area contributed by atoms with Gasteiger partial charge in [0.05, 0.1) is 24.3 Å². The summed E-state index contributed by atoms with van der Waals surface area (Å²) < 4.78 is 5.79. The van der Waals surface area contributed by atoms with Crippen molar-refractivity contribution in [3.8, 4) is 0 Å². The van der Waals surface area contributed by atoms with E-state index >= 15 is 0 Å². The molecule has 1 N–H and O–H groups in total. The van der Waals surface area contributed by atoms with E-state index in [1.54, 1.807) is 6.33 Å². The summed E-state index contributed by atoms with van der Waals surface area (Å²) >= 11 is 0. The van der Waals surface area contributed by atoms with Crippen LogP contribution in [0.4, 0.5) is 6.01 Å². The van der Waals surface area contributed by atoms with Crippen molar-refractivity contribution in [2.24, 2.45) is 5.92 Å². The van der Waals surface area contributed by atoms with Crippen molar-refractivity contribution in [1.29, 1.82) is 0 Å². The van der Waals surface area contributed by atoms with Crippen LogP contribution in [-0.4, -0.2) is 26.7 Å². The fourth-order valence-electron chi connectivity index (χ4n) is 2.77. The second kappa shape index (κ2) is 4.36. The van der Waals surface area contributed by atoms with Gasteiger partial charge in [0.2, 0.25) is 5.89 Å². The van der Waals surface area contributed by atoms with Crippen molar-refractivity contribution in [3.63, 3.8) is 0 Å². The van der Waals surface area contributed by atoms with Gasteiger partial charge in [-0.25, -0.2) is 4.98 Å². The van der Waals surface area contributed by atoms with Gasteiger partial charge >= 0.3 is 6.01 Å². The summed E-state index contributed by atoms with van der Waals surface area (Å²) in [5.41, 5.74) is 2.32. The molecular formula is C13H17N5O. The molecule has 1 aliphatic heterocycles. The third-order valence-corrected chi connectivity index (χ3v) is 4.19. The van der Waals surface area contributed by atoms with Crippen molar-refractivity contribution >= 4 is 6.01 Å². The summed E-state index contributed by atoms with van der Waals surface area (Å²) in [7, 11) is 0. The van der Waals surface area contributed by atoms with Gasteiger partial charge in [-0.2, -0.15) is 0 Å². The predicted molar refractivity (Wildman–Crippen MR) is 68.7 cm³/mol. The van der Waals surface area contributed by atoms with Gasteiger partial charge in [-0.1, -0.05) is 11.5 Å². The van der Waals surface area contributed by atoms with Crippen LogP contribution >= 0.6 is 0 Å². The number of aromatic amines is 1. The molecule has 0 bridgehead atoms. The summed E-state index contributed by atoms with van der Waals surface area (Å²) in [6.45, 7) is 1.67. The molecule has 4 rings (SSSR count). The number of hydrogen-bond acceptors (Lipinski definition) is 5. The van der Waals surface area contributed by atoms with Gasteiger partial charge in [-0.15, -0.1) is 5.10 Å². The number of nitrogens with one attached hydrogen (secondary N) is 1. The number of anilines is 1. The minimum absolute atomic E-state index is 0.648. The maximum absolute atomic E-state index is 5.79. The number of imidazole rings is 1. The SMILES string of the molecule is c1nc2c([nH]1)CN(c1nnc(CC3CCC3)o1)CC2. The molecule has 0 spiro atoms. The quantitative estimate of drug-likeness (QED) is 0.908. The summed E-state index contributed by atoms with van der Waals surface area (Å²) in [5.74, 6) is 1.55. The van der Waals surface area contributed by atoms with Crippen LogP contribution in [0.1, 0.15) is 36.5 Å². The summed E-state index contributed by atoms with van der Waals surface area (Å²) in [4.78, 5) is 9.59. The van der Waals surface area contributed by atoms with E-state index in [2.05, 4.69) is 25.1 Å². The van der Waals surface area contributed by atoms with Crippen LogP contribution in [0, 0.1) is 5.92 Å². The zero-order valence-corrected chi connectivity index (χ0v) is 10.8. The third kappa shape index (κ3) is 2.01. The highest BCUT2D eigenvalue weighted by molar-refractivity contribution is 5.31. The molecule has 0 atom stereocenters. The molecule has 1 fully saturated rings. The van der Waals surface area contributed by atoms with Crippen molar-refractivity contribution in [3.05, 3.63) is 23.6 Å². The Hall–Kier alpha value is -1.85. The van der Waals surface area contributed by atoms with E-state index in [1.165, 1.54) is 19.3 Å². The standard InChI is InChI=1S/C13H17N5O/c1-2-9(3-1)6-12-16-17-13(19-12)18-5-4-10-11(7-18)15-8-14-10/h8-9H,1-7H2,(H,14,15). The Morgan fingerprint density at radius 2 is 2.32 bits per heavy atom. The molecule has 2 aromatic rings. The Bertz CT molecular complexity index is 571. The Balaban J connectivity index is 1.47. The first kappa shape index (κ1) is 11.0. The largest absolute Gasteiger partial charge is 0.408 e. The maximum Gasteiger partial charge on any atom is 0.318 e. The van der Waals surface area contributed by atoms with Crippen LogP contribution in [0.15, 0.2) is 10.7 Å². The summed E-state index contributed by atoms with van der Waals surface area (Å²) in [6.07, 6.45) is 7.58. The lowest BCUT2D eigenvalue weighted by molar-refractivity contribution is 0.290. The molecule has 0 radical (unpaired) electrons. The Kier molecular flexibility index (Phi) is 2.53. The van der Waals surface area contributed by atoms with E-state index in [-0.39, 0.29) is 0 Å². The topological polar surface area (TPSA) is 70.8 Å². The first-order chi connectivity index (χ1) is 9.38. The van der Waals surface area contributed by atoms with Gasteiger partial charge in [0, 0.05) is 19.4 Å². The summed E-state index contributed by atoms with van der Waals surface area (Å²) in [6, 6.07) is 0.648. The molecule has 6 nitrogen and oxygen atoms in total. The molecule has 1 saturated carbocycles. The van der Waals surface area contributed by atoms with Gasteiger partial charge in [-0.3, -0.25) is 0 Å². The first-order valence-electron chi connectivity index (χ1n) is 6.97. The fraction of sp³-hybridized carbons (Fsp3) is 0.615. The average molecular weight is 259 g/mol. The van der Waals surface area contributed by atoms with E-state index in [4.69, 9.17) is 4.42 Å². The lowest BCUT2D eigenvalue weighted by atomic mass is 9.83. The smallest absolute Gasteiger partial charge is 0.318 e. The average Bonchev–Trinajstić information content (AvgIpc) is 3.02. The molecule has 100 valence electrons. The number of hydrogen-bond donors (Lipinski definition) is 1. The van der Waals surface area contributed by atoms with Crippen LogP contribution < -0.4 is 4.90 Å². The summed E-state index contributed by atoms with van der Waals surface area (Å²) in [5, 5.41) is 8.36. The van der Waals surface area contributed by atoms with E-state index in [0.717, 1.165) is 49.1 Å². The molecule has 2 aliphatic rings. The van der Waals surface area contributed by atoms with E-state index in [1.807, 2.05) is 0 Å².